The van der Waals surface area contributed by atoms with E-state index in [0.717, 1.165) is 26.1 Å². The van der Waals surface area contributed by atoms with Gasteiger partial charge in [-0.3, -0.25) is 0 Å². The van der Waals surface area contributed by atoms with Crippen molar-refractivity contribution in [2.24, 2.45) is 0 Å². The Hall–Kier alpha value is -1.13. The number of thiophene rings is 1. The summed E-state index contributed by atoms with van der Waals surface area (Å²) in [6.45, 7) is 5.56. The van der Waals surface area contributed by atoms with E-state index >= 15 is 0 Å². The van der Waals surface area contributed by atoms with Crippen LogP contribution in [0.25, 0.3) is 0 Å². The lowest BCUT2D eigenvalue weighted by atomic mass is 9.86. The Morgan fingerprint density at radius 1 is 1.56 bits per heavy atom. The van der Waals surface area contributed by atoms with E-state index in [-0.39, 0.29) is 5.41 Å². The van der Waals surface area contributed by atoms with Gasteiger partial charge in [0.05, 0.1) is 6.33 Å². The molecule has 3 rings (SSSR count). The first-order valence-corrected chi connectivity index (χ1v) is 7.40. The van der Waals surface area contributed by atoms with Crippen LogP contribution in [0.4, 0.5) is 0 Å². The van der Waals surface area contributed by atoms with Crippen LogP contribution in [-0.4, -0.2) is 22.6 Å². The molecule has 1 unspecified atom stereocenters. The third-order valence-corrected chi connectivity index (χ3v) is 4.81. The van der Waals surface area contributed by atoms with E-state index in [2.05, 4.69) is 39.3 Å². The number of aryl methyl sites for hydroxylation is 2. The van der Waals surface area contributed by atoms with Crippen molar-refractivity contribution in [3.05, 3.63) is 40.6 Å². The molecule has 3 nitrogen and oxygen atoms in total. The van der Waals surface area contributed by atoms with Crippen molar-refractivity contribution in [3.8, 4) is 0 Å². The largest absolute Gasteiger partial charge is 0.334 e. The average molecular weight is 261 g/mol. The van der Waals surface area contributed by atoms with Gasteiger partial charge in [0.15, 0.2) is 0 Å². The topological polar surface area (TPSA) is 29.9 Å². The van der Waals surface area contributed by atoms with Crippen LogP contribution in [0.3, 0.4) is 0 Å². The van der Waals surface area contributed by atoms with E-state index in [4.69, 9.17) is 0 Å². The molecule has 1 saturated heterocycles. The van der Waals surface area contributed by atoms with Crippen molar-refractivity contribution >= 4 is 11.3 Å². The molecule has 1 aliphatic rings. The summed E-state index contributed by atoms with van der Waals surface area (Å²) in [4.78, 5) is 5.80. The predicted octanol–water partition coefficient (Wildman–Crippen LogP) is 2.44. The highest BCUT2D eigenvalue weighted by Crippen LogP contribution is 2.29. The van der Waals surface area contributed by atoms with Crippen molar-refractivity contribution in [2.75, 3.05) is 13.1 Å². The summed E-state index contributed by atoms with van der Waals surface area (Å²) >= 11 is 1.84. The van der Waals surface area contributed by atoms with Gasteiger partial charge in [0.25, 0.3) is 0 Å². The van der Waals surface area contributed by atoms with Crippen LogP contribution in [0.1, 0.15) is 23.9 Å². The molecular formula is C14H19N3S. The van der Waals surface area contributed by atoms with E-state index in [1.54, 1.807) is 0 Å². The van der Waals surface area contributed by atoms with E-state index in [0.29, 0.717) is 0 Å². The SMILES string of the molecule is CC1(c2cncn2CCc2cccs2)CCNC1. The smallest absolute Gasteiger partial charge is 0.0948 e. The number of nitrogens with zero attached hydrogens (tertiary/aromatic N) is 2. The number of hydrogen-bond donors (Lipinski definition) is 1. The second-order valence-electron chi connectivity index (χ2n) is 5.29. The molecule has 1 aliphatic heterocycles. The summed E-state index contributed by atoms with van der Waals surface area (Å²) in [7, 11) is 0. The maximum Gasteiger partial charge on any atom is 0.0948 e. The van der Waals surface area contributed by atoms with Crippen molar-refractivity contribution in [1.82, 2.24) is 14.9 Å². The molecule has 0 bridgehead atoms. The van der Waals surface area contributed by atoms with Crippen LogP contribution in [0.5, 0.6) is 0 Å². The van der Waals surface area contributed by atoms with Crippen LogP contribution >= 0.6 is 11.3 Å². The van der Waals surface area contributed by atoms with Gasteiger partial charge in [0.1, 0.15) is 0 Å². The van der Waals surface area contributed by atoms with Crippen molar-refractivity contribution < 1.29 is 0 Å². The van der Waals surface area contributed by atoms with Gasteiger partial charge < -0.3 is 9.88 Å². The van der Waals surface area contributed by atoms with Crippen molar-refractivity contribution in [2.45, 2.75) is 31.7 Å². The Morgan fingerprint density at radius 3 is 3.22 bits per heavy atom. The predicted molar refractivity (Wildman–Crippen MR) is 75.1 cm³/mol. The van der Waals surface area contributed by atoms with Gasteiger partial charge in [-0.15, -0.1) is 11.3 Å². The first-order valence-electron chi connectivity index (χ1n) is 6.52. The number of rotatable bonds is 4. The van der Waals surface area contributed by atoms with Gasteiger partial charge >= 0.3 is 0 Å². The highest BCUT2D eigenvalue weighted by Gasteiger charge is 2.33. The molecule has 0 radical (unpaired) electrons. The minimum atomic E-state index is 0.256. The minimum Gasteiger partial charge on any atom is -0.334 e. The molecule has 0 aromatic carbocycles. The Kier molecular flexibility index (Phi) is 3.22. The normalized spacial score (nSPS) is 23.6. The lowest BCUT2D eigenvalue weighted by Crippen LogP contribution is -2.28. The molecule has 1 fully saturated rings. The Morgan fingerprint density at radius 2 is 2.50 bits per heavy atom. The summed E-state index contributed by atoms with van der Waals surface area (Å²) < 4.78 is 2.33. The molecule has 3 heterocycles. The van der Waals surface area contributed by atoms with E-state index in [1.807, 2.05) is 23.9 Å². The molecule has 2 aromatic rings. The van der Waals surface area contributed by atoms with Gasteiger partial charge in [-0.25, -0.2) is 4.98 Å². The van der Waals surface area contributed by atoms with Crippen LogP contribution in [0.2, 0.25) is 0 Å². The van der Waals surface area contributed by atoms with Crippen molar-refractivity contribution in [1.29, 1.82) is 0 Å². The van der Waals surface area contributed by atoms with Crippen LogP contribution < -0.4 is 5.32 Å². The molecule has 0 aliphatic carbocycles. The third kappa shape index (κ3) is 2.22. The van der Waals surface area contributed by atoms with Crippen molar-refractivity contribution in [3.63, 3.8) is 0 Å². The second kappa shape index (κ2) is 4.86. The zero-order valence-electron chi connectivity index (χ0n) is 10.7. The van der Waals surface area contributed by atoms with Gasteiger partial charge in [0.2, 0.25) is 0 Å². The molecule has 96 valence electrons. The van der Waals surface area contributed by atoms with Crippen LogP contribution in [0.15, 0.2) is 30.0 Å². The second-order valence-corrected chi connectivity index (χ2v) is 6.32. The molecule has 18 heavy (non-hydrogen) atoms. The summed E-state index contributed by atoms with van der Waals surface area (Å²) in [5.74, 6) is 0. The first-order chi connectivity index (χ1) is 8.78. The van der Waals surface area contributed by atoms with Crippen LogP contribution in [0, 0.1) is 0 Å². The molecule has 0 spiro atoms. The zero-order chi connectivity index (χ0) is 12.4. The standard InChI is InChI=1S/C14H19N3S/c1-14(5-6-15-10-14)13-9-16-11-17(13)7-4-12-3-2-8-18-12/h2-3,8-9,11,15H,4-7,10H2,1H3. The van der Waals surface area contributed by atoms with Gasteiger partial charge in [-0.1, -0.05) is 13.0 Å². The van der Waals surface area contributed by atoms with Gasteiger partial charge in [-0.05, 0) is 30.8 Å². The highest BCUT2D eigenvalue weighted by atomic mass is 32.1. The maximum absolute atomic E-state index is 4.35. The van der Waals surface area contributed by atoms with Gasteiger partial charge in [0, 0.05) is 35.3 Å². The maximum atomic E-state index is 4.35. The van der Waals surface area contributed by atoms with E-state index in [1.165, 1.54) is 17.0 Å². The molecule has 1 atom stereocenters. The zero-order valence-corrected chi connectivity index (χ0v) is 11.5. The highest BCUT2D eigenvalue weighted by molar-refractivity contribution is 7.09. The summed E-state index contributed by atoms with van der Waals surface area (Å²) in [6.07, 6.45) is 6.33. The fraction of sp³-hybridized carbons (Fsp3) is 0.500. The quantitative estimate of drug-likeness (QED) is 0.916. The first kappa shape index (κ1) is 11.9. The summed E-state index contributed by atoms with van der Waals surface area (Å²) in [5, 5.41) is 5.60. The lowest BCUT2D eigenvalue weighted by Gasteiger charge is -2.24. The number of nitrogens with one attached hydrogen (secondary N) is 1. The van der Waals surface area contributed by atoms with E-state index in [9.17, 15) is 0 Å². The fourth-order valence-corrected chi connectivity index (χ4v) is 3.42. The third-order valence-electron chi connectivity index (χ3n) is 3.88. The van der Waals surface area contributed by atoms with Gasteiger partial charge in [-0.2, -0.15) is 0 Å². The Balaban J connectivity index is 1.75. The number of hydrogen-bond acceptors (Lipinski definition) is 3. The molecule has 2 aromatic heterocycles. The molecule has 1 N–H and O–H groups in total. The summed E-state index contributed by atoms with van der Waals surface area (Å²) in [6, 6.07) is 4.33. The molecule has 0 saturated carbocycles. The lowest BCUT2D eigenvalue weighted by molar-refractivity contribution is 0.472. The average Bonchev–Trinajstić information content (AvgIpc) is 3.08. The van der Waals surface area contributed by atoms with Crippen LogP contribution in [-0.2, 0) is 18.4 Å². The van der Waals surface area contributed by atoms with E-state index < -0.39 is 0 Å². The molecule has 0 amide bonds. The molecular weight excluding hydrogens is 242 g/mol. The molecule has 4 heteroatoms. The summed E-state index contributed by atoms with van der Waals surface area (Å²) in [5.41, 5.74) is 1.63. The number of aromatic nitrogens is 2. The Bertz CT molecular complexity index is 495. The number of imidazole rings is 1. The fourth-order valence-electron chi connectivity index (χ4n) is 2.72. The Labute approximate surface area is 112 Å². The minimum absolute atomic E-state index is 0.256. The monoisotopic (exact) mass is 261 g/mol.